The maximum atomic E-state index is 6.20. The summed E-state index contributed by atoms with van der Waals surface area (Å²) < 4.78 is 6.20. The summed E-state index contributed by atoms with van der Waals surface area (Å²) in [5.74, 6) is 2.45. The maximum Gasteiger partial charge on any atom is 0.229 e. The molecule has 8 aromatic rings. The van der Waals surface area contributed by atoms with Crippen LogP contribution in [0.4, 0.5) is 0 Å². The fourth-order valence-corrected chi connectivity index (χ4v) is 5.11. The van der Waals surface area contributed by atoms with Gasteiger partial charge < -0.3 is 4.42 Å². The lowest BCUT2D eigenvalue weighted by molar-refractivity contribution is 0.652. The lowest BCUT2D eigenvalue weighted by atomic mass is 10.1. The van der Waals surface area contributed by atoms with Gasteiger partial charge in [-0.05, 0) is 12.1 Å². The molecule has 4 aromatic carbocycles. The van der Waals surface area contributed by atoms with Crippen molar-refractivity contribution in [1.82, 2.24) is 29.9 Å². The van der Waals surface area contributed by atoms with Crippen molar-refractivity contribution >= 4 is 22.2 Å². The molecule has 0 aliphatic carbocycles. The van der Waals surface area contributed by atoms with Crippen LogP contribution in [0.5, 0.6) is 0 Å². The summed E-state index contributed by atoms with van der Waals surface area (Å²) in [5, 5.41) is 0.849. The number of furan rings is 1. The van der Waals surface area contributed by atoms with Crippen LogP contribution in [0.3, 0.4) is 0 Å². The predicted octanol–water partition coefficient (Wildman–Crippen LogP) is 8.29. The van der Waals surface area contributed by atoms with Gasteiger partial charge >= 0.3 is 0 Å². The average Bonchev–Trinajstić information content (AvgIpc) is 3.48. The van der Waals surface area contributed by atoms with Gasteiger partial charge in [-0.25, -0.2) is 29.9 Å². The highest BCUT2D eigenvalue weighted by atomic mass is 16.3. The second-order valence-corrected chi connectivity index (χ2v) is 10.0. The van der Waals surface area contributed by atoms with Crippen LogP contribution in [-0.4, -0.2) is 29.9 Å². The molecule has 0 N–H and O–H groups in total. The highest BCUT2D eigenvalue weighted by molar-refractivity contribution is 6.06. The highest BCUT2D eigenvalue weighted by Crippen LogP contribution is 2.35. The zero-order valence-corrected chi connectivity index (χ0v) is 22.8. The summed E-state index contributed by atoms with van der Waals surface area (Å²) in [7, 11) is 0. The number of hydrogen-bond donors (Lipinski definition) is 0. The first-order valence-electron chi connectivity index (χ1n) is 13.9. The molecule has 8 rings (SSSR count). The molecule has 0 atom stereocenters. The minimum atomic E-state index is 0.530. The highest BCUT2D eigenvalue weighted by Gasteiger charge is 2.19. The van der Waals surface area contributed by atoms with Crippen molar-refractivity contribution in [2.75, 3.05) is 0 Å². The van der Waals surface area contributed by atoms with E-state index in [9.17, 15) is 0 Å². The number of hydrogen-bond acceptors (Lipinski definition) is 7. The van der Waals surface area contributed by atoms with E-state index < -0.39 is 0 Å². The molecule has 0 saturated heterocycles. The Morgan fingerprint density at radius 3 is 1.40 bits per heavy atom. The van der Waals surface area contributed by atoms with Crippen molar-refractivity contribution in [3.63, 3.8) is 0 Å². The Balaban J connectivity index is 1.27. The van der Waals surface area contributed by atoms with Crippen molar-refractivity contribution in [2.24, 2.45) is 0 Å². The summed E-state index contributed by atoms with van der Waals surface area (Å²) >= 11 is 0. The molecule has 0 aliphatic heterocycles. The van der Waals surface area contributed by atoms with Gasteiger partial charge in [-0.3, -0.25) is 0 Å². The Morgan fingerprint density at radius 1 is 0.395 bits per heavy atom. The zero-order valence-electron chi connectivity index (χ0n) is 22.8. The number of nitrogens with zero attached hydrogens (tertiary/aromatic N) is 6. The van der Waals surface area contributed by atoms with E-state index in [1.165, 1.54) is 0 Å². The first-order chi connectivity index (χ1) is 21.3. The van der Waals surface area contributed by atoms with Crippen LogP contribution >= 0.6 is 0 Å². The summed E-state index contributed by atoms with van der Waals surface area (Å²) in [6.45, 7) is 0. The molecule has 0 aliphatic rings. The molecule has 0 saturated carbocycles. The van der Waals surface area contributed by atoms with Crippen LogP contribution in [-0.2, 0) is 0 Å². The van der Waals surface area contributed by atoms with E-state index in [4.69, 9.17) is 29.3 Å². The first-order valence-corrected chi connectivity index (χ1v) is 13.9. The lowest BCUT2D eigenvalue weighted by Crippen LogP contribution is -2.00. The predicted molar refractivity (Wildman–Crippen MR) is 168 cm³/mol. The van der Waals surface area contributed by atoms with Crippen LogP contribution < -0.4 is 0 Å². The molecule has 0 amide bonds. The molecule has 7 heteroatoms. The fourth-order valence-electron chi connectivity index (χ4n) is 5.11. The van der Waals surface area contributed by atoms with E-state index in [-0.39, 0.29) is 0 Å². The number of rotatable bonds is 5. The Bertz CT molecular complexity index is 2160. The summed E-state index contributed by atoms with van der Waals surface area (Å²) in [4.78, 5) is 28.8. The van der Waals surface area contributed by atoms with E-state index in [0.29, 0.717) is 40.3 Å². The minimum absolute atomic E-state index is 0.530. The number of fused-ring (bicyclic) bond motifs is 3. The van der Waals surface area contributed by atoms with Crippen LogP contribution in [0, 0.1) is 0 Å². The Kier molecular flexibility index (Phi) is 5.97. The van der Waals surface area contributed by atoms with Crippen LogP contribution in [0.15, 0.2) is 138 Å². The third-order valence-corrected chi connectivity index (χ3v) is 7.24. The SMILES string of the molecule is c1ccc(-c2nc(-c3ccccc3)nc(-c3ccc(-c4nc(-c5ccccc5)nc5c4oc4ncccc45)cc3)n2)cc1. The van der Waals surface area contributed by atoms with Gasteiger partial charge in [0, 0.05) is 34.0 Å². The third-order valence-electron chi connectivity index (χ3n) is 7.24. The molecule has 0 radical (unpaired) electrons. The van der Waals surface area contributed by atoms with Gasteiger partial charge in [0.05, 0.1) is 5.39 Å². The number of pyridine rings is 1. The van der Waals surface area contributed by atoms with Gasteiger partial charge in [0.2, 0.25) is 5.71 Å². The van der Waals surface area contributed by atoms with Gasteiger partial charge in [0.25, 0.3) is 0 Å². The molecule has 4 heterocycles. The minimum Gasteiger partial charge on any atom is -0.434 e. The van der Waals surface area contributed by atoms with Gasteiger partial charge in [0.1, 0.15) is 11.2 Å². The average molecular weight is 555 g/mol. The quantitative estimate of drug-likeness (QED) is 0.211. The van der Waals surface area contributed by atoms with E-state index in [2.05, 4.69) is 4.98 Å². The maximum absolute atomic E-state index is 6.20. The third kappa shape index (κ3) is 4.59. The number of benzene rings is 4. The van der Waals surface area contributed by atoms with E-state index in [1.807, 2.05) is 127 Å². The van der Waals surface area contributed by atoms with Gasteiger partial charge in [-0.1, -0.05) is 115 Å². The molecule has 0 fully saturated rings. The lowest BCUT2D eigenvalue weighted by Gasteiger charge is -2.09. The van der Waals surface area contributed by atoms with E-state index in [0.717, 1.165) is 38.7 Å². The van der Waals surface area contributed by atoms with Crippen molar-refractivity contribution in [3.05, 3.63) is 134 Å². The van der Waals surface area contributed by atoms with Gasteiger partial charge in [0.15, 0.2) is 28.9 Å². The Labute approximate surface area is 246 Å². The topological polar surface area (TPSA) is 90.5 Å². The normalized spacial score (nSPS) is 11.3. The zero-order chi connectivity index (χ0) is 28.6. The second-order valence-electron chi connectivity index (χ2n) is 10.0. The molecule has 0 unspecified atom stereocenters. The Morgan fingerprint density at radius 2 is 0.860 bits per heavy atom. The van der Waals surface area contributed by atoms with Crippen molar-refractivity contribution in [1.29, 1.82) is 0 Å². The van der Waals surface area contributed by atoms with E-state index >= 15 is 0 Å². The molecule has 4 aromatic heterocycles. The summed E-state index contributed by atoms with van der Waals surface area (Å²) in [5.41, 5.74) is 7.07. The van der Waals surface area contributed by atoms with Crippen LogP contribution in [0.2, 0.25) is 0 Å². The largest absolute Gasteiger partial charge is 0.434 e. The molecule has 0 spiro atoms. The molecule has 43 heavy (non-hydrogen) atoms. The smallest absolute Gasteiger partial charge is 0.229 e. The van der Waals surface area contributed by atoms with E-state index in [1.54, 1.807) is 6.20 Å². The monoisotopic (exact) mass is 554 g/mol. The molecular weight excluding hydrogens is 532 g/mol. The van der Waals surface area contributed by atoms with Gasteiger partial charge in [-0.15, -0.1) is 0 Å². The Hall–Kier alpha value is -6.08. The van der Waals surface area contributed by atoms with Gasteiger partial charge in [-0.2, -0.15) is 0 Å². The molecule has 0 bridgehead atoms. The summed E-state index contributed by atoms with van der Waals surface area (Å²) in [6.07, 6.45) is 1.72. The van der Waals surface area contributed by atoms with Crippen molar-refractivity contribution < 1.29 is 4.42 Å². The van der Waals surface area contributed by atoms with Crippen molar-refractivity contribution in [3.8, 4) is 56.8 Å². The standard InChI is InChI=1S/C36H22N6O/c1-4-11-24(12-5-1)32-38-29(31-30(39-32)28-17-10-22-37-36(28)43-31)23-18-20-27(21-19-23)35-41-33(25-13-6-2-7-14-25)40-34(42-35)26-15-8-3-9-16-26/h1-22H. The molecular formula is C36H22N6O. The fraction of sp³-hybridized carbons (Fsp3) is 0. The summed E-state index contributed by atoms with van der Waals surface area (Å²) in [6, 6.07) is 41.7. The van der Waals surface area contributed by atoms with Crippen LogP contribution in [0.25, 0.3) is 79.0 Å². The number of aromatic nitrogens is 6. The molecule has 7 nitrogen and oxygen atoms in total. The first kappa shape index (κ1) is 24.7. The second kappa shape index (κ2) is 10.4. The van der Waals surface area contributed by atoms with Crippen molar-refractivity contribution in [2.45, 2.75) is 0 Å². The molecule has 202 valence electrons. The van der Waals surface area contributed by atoms with Crippen LogP contribution in [0.1, 0.15) is 0 Å².